The maximum atomic E-state index is 12.2. The van der Waals surface area contributed by atoms with Crippen LogP contribution in [0.5, 0.6) is 0 Å². The van der Waals surface area contributed by atoms with Crippen molar-refractivity contribution in [3.63, 3.8) is 0 Å². The fourth-order valence-corrected chi connectivity index (χ4v) is 3.85. The zero-order valence-corrected chi connectivity index (χ0v) is 19.8. The number of aromatic nitrogens is 3. The van der Waals surface area contributed by atoms with Crippen LogP contribution in [0.2, 0.25) is 5.02 Å². The lowest BCUT2D eigenvalue weighted by molar-refractivity contribution is 0.0525. The van der Waals surface area contributed by atoms with Gasteiger partial charge in [0.05, 0.1) is 18.2 Å². The summed E-state index contributed by atoms with van der Waals surface area (Å²) >= 11 is 7.80. The van der Waals surface area contributed by atoms with Crippen LogP contribution < -0.4 is 15.5 Å². The summed E-state index contributed by atoms with van der Waals surface area (Å²) in [5.74, 6) is 1.22. The second kappa shape index (κ2) is 10.4. The number of ether oxygens (including phenoxy) is 2. The molecule has 0 aliphatic carbocycles. The van der Waals surface area contributed by atoms with Crippen LogP contribution >= 0.6 is 23.4 Å². The Balaban J connectivity index is 1.77. The first kappa shape index (κ1) is 23.5. The molecule has 1 unspecified atom stereocenters. The number of aromatic amines is 1. The summed E-state index contributed by atoms with van der Waals surface area (Å²) in [6.07, 6.45) is 1.48. The molecular formula is C20H29ClN6O3S. The van der Waals surface area contributed by atoms with Crippen molar-refractivity contribution in [2.75, 3.05) is 49.3 Å². The van der Waals surface area contributed by atoms with Gasteiger partial charge in [-0.15, -0.1) is 16.9 Å². The summed E-state index contributed by atoms with van der Waals surface area (Å²) in [6.45, 7) is 8.49. The predicted molar refractivity (Wildman–Crippen MR) is 123 cm³/mol. The lowest BCUT2D eigenvalue weighted by Gasteiger charge is -2.25. The third-order valence-electron chi connectivity index (χ3n) is 4.46. The molecule has 1 atom stereocenters. The number of halogens is 1. The number of amides is 1. The Hall–Kier alpha value is -2.17. The highest BCUT2D eigenvalue weighted by Gasteiger charge is 2.23. The number of hydrogen-bond acceptors (Lipinski definition) is 8. The van der Waals surface area contributed by atoms with Crippen molar-refractivity contribution in [2.45, 2.75) is 37.3 Å². The van der Waals surface area contributed by atoms with E-state index in [-0.39, 0.29) is 12.6 Å². The predicted octanol–water partition coefficient (Wildman–Crippen LogP) is 3.69. The van der Waals surface area contributed by atoms with Gasteiger partial charge < -0.3 is 25.0 Å². The molecule has 1 aromatic heterocycles. The number of rotatable bonds is 7. The number of H-pyrrole nitrogens is 1. The molecule has 170 valence electrons. The second-order valence-electron chi connectivity index (χ2n) is 8.05. The molecule has 11 heteroatoms. The topological polar surface area (TPSA) is 104 Å². The van der Waals surface area contributed by atoms with E-state index in [1.165, 1.54) is 0 Å². The minimum Gasteiger partial charge on any atom is -0.444 e. The maximum absolute atomic E-state index is 12.2. The molecule has 1 aromatic carbocycles. The number of carbonyl (C=O) groups excluding carboxylic acids is 1. The summed E-state index contributed by atoms with van der Waals surface area (Å²) < 4.78 is 10.8. The van der Waals surface area contributed by atoms with Gasteiger partial charge in [0.25, 0.3) is 0 Å². The fraction of sp³-hybridized carbons (Fsp3) is 0.550. The second-order valence-corrected chi connectivity index (χ2v) is 9.30. The molecule has 0 saturated carbocycles. The first-order valence-electron chi connectivity index (χ1n) is 10.1. The Kier molecular flexibility index (Phi) is 7.90. The van der Waals surface area contributed by atoms with E-state index < -0.39 is 11.7 Å². The molecular weight excluding hydrogens is 440 g/mol. The molecule has 1 aliphatic heterocycles. The normalized spacial score (nSPS) is 15.5. The number of anilines is 2. The summed E-state index contributed by atoms with van der Waals surface area (Å²) in [5, 5.41) is 14.3. The molecule has 3 rings (SSSR count). The molecule has 2 aromatic rings. The van der Waals surface area contributed by atoms with Crippen molar-refractivity contribution in [1.29, 1.82) is 0 Å². The van der Waals surface area contributed by atoms with E-state index in [0.717, 1.165) is 23.7 Å². The van der Waals surface area contributed by atoms with E-state index in [0.29, 0.717) is 30.0 Å². The lowest BCUT2D eigenvalue weighted by atomic mass is 10.2. The number of nitrogens with one attached hydrogen (secondary N) is 3. The molecule has 2 heterocycles. The fourth-order valence-electron chi connectivity index (χ4n) is 2.99. The Labute approximate surface area is 191 Å². The Morgan fingerprint density at radius 1 is 1.39 bits per heavy atom. The molecule has 1 fully saturated rings. The molecule has 1 aliphatic rings. The lowest BCUT2D eigenvalue weighted by Crippen LogP contribution is -2.37. The Morgan fingerprint density at radius 2 is 2.13 bits per heavy atom. The first-order valence-corrected chi connectivity index (χ1v) is 11.7. The van der Waals surface area contributed by atoms with Gasteiger partial charge in [0.1, 0.15) is 11.6 Å². The third kappa shape index (κ3) is 6.91. The highest BCUT2D eigenvalue weighted by atomic mass is 35.5. The third-order valence-corrected chi connectivity index (χ3v) is 5.68. The van der Waals surface area contributed by atoms with E-state index in [4.69, 9.17) is 21.1 Å². The number of carbonyl (C=O) groups is 1. The molecule has 1 amide bonds. The molecule has 0 radical (unpaired) electrons. The van der Waals surface area contributed by atoms with Gasteiger partial charge in [0, 0.05) is 30.2 Å². The van der Waals surface area contributed by atoms with Gasteiger partial charge in [-0.1, -0.05) is 11.6 Å². The Morgan fingerprint density at radius 3 is 2.81 bits per heavy atom. The van der Waals surface area contributed by atoms with Crippen LogP contribution in [0.3, 0.4) is 0 Å². The summed E-state index contributed by atoms with van der Waals surface area (Å²) in [6, 6.07) is 5.34. The van der Waals surface area contributed by atoms with E-state index >= 15 is 0 Å². The summed E-state index contributed by atoms with van der Waals surface area (Å²) in [5.41, 5.74) is 0.278. The largest absolute Gasteiger partial charge is 0.444 e. The van der Waals surface area contributed by atoms with Gasteiger partial charge >= 0.3 is 6.09 Å². The van der Waals surface area contributed by atoms with Gasteiger partial charge in [-0.25, -0.2) is 4.79 Å². The number of alkyl carbamates (subject to hydrolysis) is 1. The van der Waals surface area contributed by atoms with Gasteiger partial charge in [-0.05, 0) is 45.2 Å². The van der Waals surface area contributed by atoms with Gasteiger partial charge in [-0.3, -0.25) is 5.10 Å². The number of morpholine rings is 1. The van der Waals surface area contributed by atoms with Crippen LogP contribution in [-0.2, 0) is 9.47 Å². The highest BCUT2D eigenvalue weighted by Crippen LogP contribution is 2.29. The van der Waals surface area contributed by atoms with Crippen LogP contribution in [0.4, 0.5) is 16.4 Å². The maximum Gasteiger partial charge on any atom is 0.407 e. The monoisotopic (exact) mass is 468 g/mol. The van der Waals surface area contributed by atoms with Crippen LogP contribution in [0.1, 0.15) is 32.6 Å². The van der Waals surface area contributed by atoms with Crippen LogP contribution in [0, 0.1) is 0 Å². The average Bonchev–Trinajstić information content (AvgIpc) is 3.22. The molecule has 1 saturated heterocycles. The SMILES string of the molecule is CSc1cc(NC(CNC(=O)OC(C)(C)C)c2nc(N3CCOCC3)n[nH]2)ccc1Cl. The van der Waals surface area contributed by atoms with Gasteiger partial charge in [0.2, 0.25) is 5.95 Å². The minimum atomic E-state index is -0.577. The van der Waals surface area contributed by atoms with Crippen LogP contribution in [-0.4, -0.2) is 66.0 Å². The van der Waals surface area contributed by atoms with Crippen molar-refractivity contribution < 1.29 is 14.3 Å². The van der Waals surface area contributed by atoms with E-state index in [1.807, 2.05) is 45.2 Å². The molecule has 0 spiro atoms. The standard InChI is InChI=1S/C20H29ClN6O3S/c1-20(2,3)30-19(28)22-12-15(23-13-5-6-14(21)16(11-13)31-4)17-24-18(26-25-17)27-7-9-29-10-8-27/h5-6,11,15,23H,7-10,12H2,1-4H3,(H,22,28)(H,24,25,26). The first-order chi connectivity index (χ1) is 14.7. The Bertz CT molecular complexity index is 882. The van der Waals surface area contributed by atoms with E-state index in [2.05, 4.69) is 30.7 Å². The van der Waals surface area contributed by atoms with Gasteiger partial charge in [0.15, 0.2) is 5.82 Å². The van der Waals surface area contributed by atoms with Crippen molar-refractivity contribution in [1.82, 2.24) is 20.5 Å². The quantitative estimate of drug-likeness (QED) is 0.528. The van der Waals surface area contributed by atoms with Crippen molar-refractivity contribution in [3.05, 3.63) is 29.0 Å². The van der Waals surface area contributed by atoms with Crippen molar-refractivity contribution in [3.8, 4) is 0 Å². The molecule has 31 heavy (non-hydrogen) atoms. The molecule has 9 nitrogen and oxygen atoms in total. The van der Waals surface area contributed by atoms with E-state index in [1.54, 1.807) is 11.8 Å². The smallest absolute Gasteiger partial charge is 0.407 e. The van der Waals surface area contributed by atoms with Crippen molar-refractivity contribution in [2.24, 2.45) is 0 Å². The molecule has 0 bridgehead atoms. The van der Waals surface area contributed by atoms with E-state index in [9.17, 15) is 4.79 Å². The number of thioether (sulfide) groups is 1. The van der Waals surface area contributed by atoms with Gasteiger partial charge in [-0.2, -0.15) is 4.98 Å². The molecule has 3 N–H and O–H groups in total. The van der Waals surface area contributed by atoms with Crippen LogP contribution in [0.25, 0.3) is 0 Å². The average molecular weight is 469 g/mol. The zero-order valence-electron chi connectivity index (χ0n) is 18.2. The number of hydrogen-bond donors (Lipinski definition) is 3. The summed E-state index contributed by atoms with van der Waals surface area (Å²) in [7, 11) is 0. The number of nitrogens with zero attached hydrogens (tertiary/aromatic N) is 3. The number of benzene rings is 1. The summed E-state index contributed by atoms with van der Waals surface area (Å²) in [4.78, 5) is 19.9. The zero-order chi connectivity index (χ0) is 22.4. The van der Waals surface area contributed by atoms with Crippen molar-refractivity contribution >= 4 is 41.1 Å². The minimum absolute atomic E-state index is 0.254. The highest BCUT2D eigenvalue weighted by molar-refractivity contribution is 7.98. The van der Waals surface area contributed by atoms with Crippen LogP contribution in [0.15, 0.2) is 23.1 Å².